The lowest BCUT2D eigenvalue weighted by atomic mass is 10.1. The second-order valence-electron chi connectivity index (χ2n) is 6.24. The third kappa shape index (κ3) is 3.20. The zero-order valence-corrected chi connectivity index (χ0v) is 15.0. The summed E-state index contributed by atoms with van der Waals surface area (Å²) >= 11 is 5.85. The Morgan fingerprint density at radius 3 is 2.43 bits per heavy atom. The Bertz CT molecular complexity index is 980. The van der Waals surface area contributed by atoms with E-state index in [2.05, 4.69) is 15.7 Å². The molecule has 4 rings (SSSR count). The van der Waals surface area contributed by atoms with Crippen molar-refractivity contribution in [2.45, 2.75) is 12.1 Å². The SMILES string of the molecule is O=C(CN1N=NC2C(=O)N(c3ccc(Cl)cc3)C(=O)C21)Nc1ccc(F)cc1. The molecule has 2 aromatic rings. The van der Waals surface area contributed by atoms with E-state index < -0.39 is 35.6 Å². The molecule has 1 fully saturated rings. The Kier molecular flexibility index (Phi) is 4.52. The summed E-state index contributed by atoms with van der Waals surface area (Å²) in [7, 11) is 0. The lowest BCUT2D eigenvalue weighted by Crippen LogP contribution is -2.43. The maximum Gasteiger partial charge on any atom is 0.263 e. The first-order valence-corrected chi connectivity index (χ1v) is 8.68. The van der Waals surface area contributed by atoms with Gasteiger partial charge in [-0.3, -0.25) is 19.4 Å². The molecule has 10 heteroatoms. The number of imide groups is 1. The van der Waals surface area contributed by atoms with Crippen molar-refractivity contribution in [3.05, 3.63) is 59.4 Å². The molecule has 2 aliphatic heterocycles. The molecule has 142 valence electrons. The van der Waals surface area contributed by atoms with Gasteiger partial charge in [0.25, 0.3) is 11.8 Å². The highest BCUT2D eigenvalue weighted by Gasteiger charge is 2.55. The van der Waals surface area contributed by atoms with Crippen LogP contribution in [0.25, 0.3) is 0 Å². The van der Waals surface area contributed by atoms with Crippen LogP contribution in [0.2, 0.25) is 5.02 Å². The van der Waals surface area contributed by atoms with Gasteiger partial charge in [0.15, 0.2) is 12.1 Å². The van der Waals surface area contributed by atoms with Crippen LogP contribution in [0.15, 0.2) is 58.9 Å². The molecule has 2 unspecified atom stereocenters. The molecule has 1 N–H and O–H groups in total. The van der Waals surface area contributed by atoms with E-state index in [0.29, 0.717) is 16.4 Å². The first kappa shape index (κ1) is 18.1. The molecule has 0 radical (unpaired) electrons. The third-order valence-corrected chi connectivity index (χ3v) is 4.63. The minimum Gasteiger partial charge on any atom is -0.324 e. The van der Waals surface area contributed by atoms with Crippen LogP contribution in [-0.2, 0) is 14.4 Å². The molecule has 0 spiro atoms. The Hall–Kier alpha value is -3.33. The Balaban J connectivity index is 1.48. The van der Waals surface area contributed by atoms with Crippen molar-refractivity contribution in [3.63, 3.8) is 0 Å². The van der Waals surface area contributed by atoms with E-state index in [1.807, 2.05) is 0 Å². The predicted molar refractivity (Wildman–Crippen MR) is 98.1 cm³/mol. The van der Waals surface area contributed by atoms with Gasteiger partial charge < -0.3 is 5.32 Å². The van der Waals surface area contributed by atoms with Crippen LogP contribution in [-0.4, -0.2) is 41.4 Å². The lowest BCUT2D eigenvalue weighted by molar-refractivity contribution is -0.123. The number of carbonyl (C=O) groups excluding carboxylic acids is 3. The number of hydrogen-bond acceptors (Lipinski definition) is 6. The smallest absolute Gasteiger partial charge is 0.263 e. The van der Waals surface area contributed by atoms with E-state index in [1.54, 1.807) is 24.3 Å². The molecule has 3 amide bonds. The topological polar surface area (TPSA) is 94.4 Å². The second kappa shape index (κ2) is 7.01. The number of anilines is 2. The average Bonchev–Trinajstić information content (AvgIpc) is 3.18. The zero-order chi connectivity index (χ0) is 19.8. The van der Waals surface area contributed by atoms with E-state index in [4.69, 9.17) is 11.6 Å². The fourth-order valence-electron chi connectivity index (χ4n) is 3.08. The van der Waals surface area contributed by atoms with Crippen molar-refractivity contribution in [1.29, 1.82) is 0 Å². The number of benzene rings is 2. The van der Waals surface area contributed by atoms with Crippen LogP contribution in [0.5, 0.6) is 0 Å². The molecule has 0 aromatic heterocycles. The normalized spacial score (nSPS) is 20.6. The molecule has 2 heterocycles. The van der Waals surface area contributed by atoms with E-state index in [1.165, 1.54) is 29.3 Å². The Morgan fingerprint density at radius 2 is 1.75 bits per heavy atom. The molecule has 2 aromatic carbocycles. The molecule has 0 saturated carbocycles. The van der Waals surface area contributed by atoms with Gasteiger partial charge in [-0.15, -0.1) is 0 Å². The molecule has 2 aliphatic rings. The van der Waals surface area contributed by atoms with Crippen molar-refractivity contribution in [1.82, 2.24) is 5.01 Å². The van der Waals surface area contributed by atoms with Crippen LogP contribution in [0.4, 0.5) is 15.8 Å². The van der Waals surface area contributed by atoms with Gasteiger partial charge in [0.1, 0.15) is 12.4 Å². The maximum absolute atomic E-state index is 12.9. The van der Waals surface area contributed by atoms with Crippen molar-refractivity contribution < 1.29 is 18.8 Å². The lowest BCUT2D eigenvalue weighted by Gasteiger charge is -2.20. The number of nitrogens with zero attached hydrogens (tertiary/aromatic N) is 4. The highest BCUT2D eigenvalue weighted by Crippen LogP contribution is 2.32. The summed E-state index contributed by atoms with van der Waals surface area (Å²) in [4.78, 5) is 38.7. The van der Waals surface area contributed by atoms with Crippen LogP contribution >= 0.6 is 11.6 Å². The molecular weight excluding hydrogens is 389 g/mol. The van der Waals surface area contributed by atoms with Crippen LogP contribution in [0.3, 0.4) is 0 Å². The van der Waals surface area contributed by atoms with Crippen molar-refractivity contribution in [3.8, 4) is 0 Å². The summed E-state index contributed by atoms with van der Waals surface area (Å²) in [5.41, 5.74) is 0.774. The molecule has 0 aliphatic carbocycles. The van der Waals surface area contributed by atoms with Gasteiger partial charge in [0, 0.05) is 10.7 Å². The van der Waals surface area contributed by atoms with Gasteiger partial charge >= 0.3 is 0 Å². The van der Waals surface area contributed by atoms with E-state index >= 15 is 0 Å². The fourth-order valence-corrected chi connectivity index (χ4v) is 3.21. The number of fused-ring (bicyclic) bond motifs is 1. The van der Waals surface area contributed by atoms with Gasteiger partial charge in [0.2, 0.25) is 5.91 Å². The molecule has 2 atom stereocenters. The maximum atomic E-state index is 12.9. The monoisotopic (exact) mass is 401 g/mol. The summed E-state index contributed by atoms with van der Waals surface area (Å²) in [6.45, 7) is -0.282. The standard InChI is InChI=1S/C18H13ClFN5O3/c19-10-1-7-13(8-2-10)25-17(27)15-16(18(25)28)24(23-22-15)9-14(26)21-12-5-3-11(20)4-6-12/h1-8,15-16H,9H2,(H,21,26). The van der Waals surface area contributed by atoms with Gasteiger partial charge in [-0.05, 0) is 48.5 Å². The van der Waals surface area contributed by atoms with Crippen molar-refractivity contribution in [2.24, 2.45) is 10.3 Å². The number of amides is 3. The number of hydrogen-bond donors (Lipinski definition) is 1. The minimum atomic E-state index is -0.998. The van der Waals surface area contributed by atoms with Crippen LogP contribution in [0.1, 0.15) is 0 Å². The highest BCUT2D eigenvalue weighted by atomic mass is 35.5. The fraction of sp³-hybridized carbons (Fsp3) is 0.167. The van der Waals surface area contributed by atoms with Crippen molar-refractivity contribution >= 4 is 40.7 Å². The van der Waals surface area contributed by atoms with Gasteiger partial charge in [-0.1, -0.05) is 16.8 Å². The summed E-state index contributed by atoms with van der Waals surface area (Å²) in [5, 5.41) is 11.9. The molecule has 0 bridgehead atoms. The number of rotatable bonds is 4. The van der Waals surface area contributed by atoms with Gasteiger partial charge in [-0.2, -0.15) is 5.11 Å². The quantitative estimate of drug-likeness (QED) is 0.796. The van der Waals surface area contributed by atoms with E-state index in [9.17, 15) is 18.8 Å². The zero-order valence-electron chi connectivity index (χ0n) is 14.3. The average molecular weight is 402 g/mol. The van der Waals surface area contributed by atoms with Crippen LogP contribution in [0, 0.1) is 5.82 Å². The molecule has 1 saturated heterocycles. The summed E-state index contributed by atoms with van der Waals surface area (Å²) in [6, 6.07) is 9.52. The highest BCUT2D eigenvalue weighted by molar-refractivity contribution is 6.31. The number of nitrogens with one attached hydrogen (secondary N) is 1. The number of halogens is 2. The van der Waals surface area contributed by atoms with Gasteiger partial charge in [0.05, 0.1) is 5.69 Å². The van der Waals surface area contributed by atoms with Crippen LogP contribution < -0.4 is 10.2 Å². The third-order valence-electron chi connectivity index (χ3n) is 4.38. The first-order chi connectivity index (χ1) is 13.4. The molecular formula is C18H13ClFN5O3. The predicted octanol–water partition coefficient (Wildman–Crippen LogP) is 2.41. The number of carbonyl (C=O) groups is 3. The summed E-state index contributed by atoms with van der Waals surface area (Å²) in [6.07, 6.45) is 0. The van der Waals surface area contributed by atoms with Gasteiger partial charge in [-0.25, -0.2) is 9.29 Å². The summed E-state index contributed by atoms with van der Waals surface area (Å²) in [5.74, 6) is -1.93. The van der Waals surface area contributed by atoms with E-state index in [-0.39, 0.29) is 6.54 Å². The minimum absolute atomic E-state index is 0.282. The molecule has 8 nitrogen and oxygen atoms in total. The summed E-state index contributed by atoms with van der Waals surface area (Å²) < 4.78 is 12.9. The van der Waals surface area contributed by atoms with E-state index in [0.717, 1.165) is 4.90 Å². The van der Waals surface area contributed by atoms with Crippen molar-refractivity contribution in [2.75, 3.05) is 16.8 Å². The Labute approximate surface area is 163 Å². The molecule has 28 heavy (non-hydrogen) atoms. The largest absolute Gasteiger partial charge is 0.324 e. The Morgan fingerprint density at radius 1 is 1.07 bits per heavy atom. The second-order valence-corrected chi connectivity index (χ2v) is 6.67. The first-order valence-electron chi connectivity index (χ1n) is 8.30.